The number of benzene rings is 1. The molecular weight excluding hydrogens is 400 g/mol. The largest absolute Gasteiger partial charge is 0.497 e. The molecule has 172 valence electrons. The van der Waals surface area contributed by atoms with Crippen molar-refractivity contribution in [2.45, 2.75) is 58.0 Å². The summed E-state index contributed by atoms with van der Waals surface area (Å²) in [6, 6.07) is 7.67. The number of hydrogen-bond donors (Lipinski definition) is 0. The predicted octanol–water partition coefficient (Wildman–Crippen LogP) is 4.00. The minimum atomic E-state index is -0.877. The van der Waals surface area contributed by atoms with Gasteiger partial charge in [-0.05, 0) is 49.6 Å². The van der Waals surface area contributed by atoms with Crippen LogP contribution in [0.25, 0.3) is 0 Å². The summed E-state index contributed by atoms with van der Waals surface area (Å²) < 4.78 is 27.5. The van der Waals surface area contributed by atoms with Crippen molar-refractivity contribution in [1.82, 2.24) is 0 Å². The normalized spacial score (nSPS) is 14.6. The lowest BCUT2D eigenvalue weighted by Gasteiger charge is -2.36. The summed E-state index contributed by atoms with van der Waals surface area (Å²) in [5.74, 6) is -0.0673. The molecule has 0 saturated carbocycles. The average Bonchev–Trinajstić information content (AvgIpc) is 2.74. The van der Waals surface area contributed by atoms with E-state index < -0.39 is 29.7 Å². The Kier molecular flexibility index (Phi) is 11.6. The number of hydrogen-bond acceptors (Lipinski definition) is 7. The van der Waals surface area contributed by atoms with Gasteiger partial charge in [-0.15, -0.1) is 0 Å². The zero-order valence-corrected chi connectivity index (χ0v) is 18.9. The smallest absolute Gasteiger partial charge is 0.303 e. The Hall–Kier alpha value is -2.64. The molecule has 1 unspecified atom stereocenters. The van der Waals surface area contributed by atoms with Gasteiger partial charge in [-0.3, -0.25) is 9.59 Å². The van der Waals surface area contributed by atoms with Crippen molar-refractivity contribution < 1.29 is 33.3 Å². The molecule has 1 rings (SSSR count). The van der Waals surface area contributed by atoms with Crippen LogP contribution in [0.1, 0.15) is 39.2 Å². The van der Waals surface area contributed by atoms with Gasteiger partial charge in [-0.25, -0.2) is 0 Å². The number of carbonyl (C=O) groups is 2. The summed E-state index contributed by atoms with van der Waals surface area (Å²) in [7, 11) is 1.63. The second-order valence-electron chi connectivity index (χ2n) is 7.28. The molecule has 7 heteroatoms. The van der Waals surface area contributed by atoms with E-state index in [1.807, 2.05) is 31.2 Å². The molecule has 3 atom stereocenters. The van der Waals surface area contributed by atoms with E-state index in [4.69, 9.17) is 23.7 Å². The molecule has 31 heavy (non-hydrogen) atoms. The lowest BCUT2D eigenvalue weighted by Crippen LogP contribution is -2.45. The third kappa shape index (κ3) is 9.81. The maximum Gasteiger partial charge on any atom is 0.303 e. The van der Waals surface area contributed by atoms with E-state index in [9.17, 15) is 9.59 Å². The summed E-state index contributed by atoms with van der Waals surface area (Å²) in [5, 5.41) is 0. The molecule has 0 bridgehead atoms. The van der Waals surface area contributed by atoms with Crippen LogP contribution in [0.4, 0.5) is 0 Å². The molecule has 0 aromatic heterocycles. The lowest BCUT2D eigenvalue weighted by atomic mass is 9.92. The summed E-state index contributed by atoms with van der Waals surface area (Å²) >= 11 is 0. The fourth-order valence-electron chi connectivity index (χ4n) is 2.97. The highest BCUT2D eigenvalue weighted by Gasteiger charge is 2.36. The monoisotopic (exact) mass is 434 g/mol. The topological polar surface area (TPSA) is 80.3 Å². The minimum Gasteiger partial charge on any atom is -0.497 e. The number of rotatable bonds is 15. The van der Waals surface area contributed by atoms with E-state index in [1.54, 1.807) is 7.11 Å². The van der Waals surface area contributed by atoms with Crippen molar-refractivity contribution in [2.75, 3.05) is 20.3 Å². The number of methoxy groups -OCH3 is 1. The van der Waals surface area contributed by atoms with Gasteiger partial charge in [0.1, 0.15) is 23.6 Å². The van der Waals surface area contributed by atoms with Crippen LogP contribution in [-0.4, -0.2) is 50.1 Å². The molecule has 7 nitrogen and oxygen atoms in total. The molecule has 0 amide bonds. The second-order valence-corrected chi connectivity index (χ2v) is 7.28. The maximum atomic E-state index is 11.5. The molecule has 1 aromatic rings. The van der Waals surface area contributed by atoms with Crippen LogP contribution in [0.2, 0.25) is 0 Å². The second kappa shape index (κ2) is 13.6. The van der Waals surface area contributed by atoms with Crippen molar-refractivity contribution in [3.05, 3.63) is 55.1 Å². The van der Waals surface area contributed by atoms with Crippen molar-refractivity contribution in [1.29, 1.82) is 0 Å². The summed E-state index contributed by atoms with van der Waals surface area (Å²) in [5.41, 5.74) is 0.164. The first-order valence-electron chi connectivity index (χ1n) is 10.2. The maximum absolute atomic E-state index is 11.5. The van der Waals surface area contributed by atoms with Crippen LogP contribution in [0, 0.1) is 0 Å². The Balaban J connectivity index is 2.67. The highest BCUT2D eigenvalue weighted by Crippen LogP contribution is 2.27. The fraction of sp³-hybridized carbons (Fsp3) is 0.500. The van der Waals surface area contributed by atoms with Crippen LogP contribution >= 0.6 is 0 Å². The fourth-order valence-corrected chi connectivity index (χ4v) is 2.97. The molecule has 0 aliphatic carbocycles. The Morgan fingerprint density at radius 3 is 2.23 bits per heavy atom. The SMILES string of the molecule is C=CC(CO[C@@](C)(CCCOCc1ccc(OC)cc1)[C@@H](C=C)OC(C)=O)OC(C)=O. The van der Waals surface area contributed by atoms with E-state index >= 15 is 0 Å². The van der Waals surface area contributed by atoms with Gasteiger partial charge >= 0.3 is 11.9 Å². The number of ether oxygens (including phenoxy) is 5. The van der Waals surface area contributed by atoms with Gasteiger partial charge in [0.2, 0.25) is 0 Å². The van der Waals surface area contributed by atoms with E-state index in [0.29, 0.717) is 26.1 Å². The lowest BCUT2D eigenvalue weighted by molar-refractivity contribution is -0.171. The zero-order chi connectivity index (χ0) is 23.3. The van der Waals surface area contributed by atoms with E-state index in [-0.39, 0.29) is 6.61 Å². The van der Waals surface area contributed by atoms with Crippen LogP contribution in [0.5, 0.6) is 5.75 Å². The molecule has 0 N–H and O–H groups in total. The van der Waals surface area contributed by atoms with Gasteiger partial charge in [0.05, 0.1) is 20.3 Å². The predicted molar refractivity (Wildman–Crippen MR) is 118 cm³/mol. The number of esters is 2. The quantitative estimate of drug-likeness (QED) is 0.234. The van der Waals surface area contributed by atoms with E-state index in [1.165, 1.54) is 26.0 Å². The molecule has 0 aliphatic rings. The third-order valence-electron chi connectivity index (χ3n) is 4.66. The summed E-state index contributed by atoms with van der Waals surface area (Å²) in [6.45, 7) is 13.0. The van der Waals surface area contributed by atoms with Gasteiger partial charge in [-0.2, -0.15) is 0 Å². The first kappa shape index (κ1) is 26.4. The van der Waals surface area contributed by atoms with E-state index in [2.05, 4.69) is 13.2 Å². The van der Waals surface area contributed by atoms with Gasteiger partial charge in [0, 0.05) is 20.5 Å². The minimum absolute atomic E-state index is 0.0812. The Bertz CT molecular complexity index is 713. The first-order valence-corrected chi connectivity index (χ1v) is 10.2. The third-order valence-corrected chi connectivity index (χ3v) is 4.66. The average molecular weight is 435 g/mol. The molecule has 0 fully saturated rings. The van der Waals surface area contributed by atoms with Crippen molar-refractivity contribution in [2.24, 2.45) is 0 Å². The Morgan fingerprint density at radius 1 is 1.06 bits per heavy atom. The molecule has 0 heterocycles. The van der Waals surface area contributed by atoms with Crippen LogP contribution in [0.15, 0.2) is 49.6 Å². The van der Waals surface area contributed by atoms with Gasteiger partial charge in [0.15, 0.2) is 0 Å². The first-order chi connectivity index (χ1) is 14.7. The highest BCUT2D eigenvalue weighted by molar-refractivity contribution is 5.66. The zero-order valence-electron chi connectivity index (χ0n) is 18.9. The van der Waals surface area contributed by atoms with Crippen molar-refractivity contribution >= 4 is 11.9 Å². The van der Waals surface area contributed by atoms with Crippen molar-refractivity contribution in [3.8, 4) is 5.75 Å². The Labute approximate surface area is 185 Å². The molecular formula is C24H34O7. The molecule has 0 spiro atoms. The molecule has 0 saturated heterocycles. The summed E-state index contributed by atoms with van der Waals surface area (Å²) in [6.07, 6.45) is 2.94. The van der Waals surface area contributed by atoms with Gasteiger partial charge in [-0.1, -0.05) is 25.3 Å². The van der Waals surface area contributed by atoms with Crippen LogP contribution in [-0.2, 0) is 35.1 Å². The standard InChI is InChI=1S/C24H34O7/c1-7-21(30-18(3)25)17-29-24(5,23(8-2)31-19(4)26)14-9-15-28-16-20-10-12-22(27-6)13-11-20/h7-8,10-13,21,23H,1-2,9,14-17H2,3-6H3/t21?,23-,24+/m1/s1. The summed E-state index contributed by atoms with van der Waals surface area (Å²) in [4.78, 5) is 22.8. The van der Waals surface area contributed by atoms with Crippen molar-refractivity contribution in [3.63, 3.8) is 0 Å². The van der Waals surface area contributed by atoms with Gasteiger partial charge < -0.3 is 23.7 Å². The Morgan fingerprint density at radius 2 is 1.71 bits per heavy atom. The number of carbonyl (C=O) groups excluding carboxylic acids is 2. The van der Waals surface area contributed by atoms with Crippen LogP contribution in [0.3, 0.4) is 0 Å². The molecule has 0 aliphatic heterocycles. The molecule has 0 radical (unpaired) electrons. The highest BCUT2D eigenvalue weighted by atomic mass is 16.6. The van der Waals surface area contributed by atoms with E-state index in [0.717, 1.165) is 11.3 Å². The van der Waals surface area contributed by atoms with Crippen LogP contribution < -0.4 is 4.74 Å². The van der Waals surface area contributed by atoms with Gasteiger partial charge in [0.25, 0.3) is 0 Å². The molecule has 1 aromatic carbocycles.